The Labute approximate surface area is 68.1 Å². The van der Waals surface area contributed by atoms with Crippen molar-refractivity contribution in [1.29, 1.82) is 0 Å². The Bertz CT molecular complexity index is 297. The van der Waals surface area contributed by atoms with E-state index in [1.165, 1.54) is 12.1 Å². The van der Waals surface area contributed by atoms with Crippen LogP contribution in [-0.2, 0) is 0 Å². The molecule has 1 rings (SSSR count). The predicted molar refractivity (Wildman–Crippen MR) is 40.5 cm³/mol. The largest absolute Gasteiger partial charge is 0.504 e. The summed E-state index contributed by atoms with van der Waals surface area (Å²) in [6.07, 6.45) is 0.785. The molecule has 0 spiro atoms. The van der Waals surface area contributed by atoms with Gasteiger partial charge in [-0.15, -0.1) is 0 Å². The fourth-order valence-electron chi connectivity index (χ4n) is 0.801. The maximum absolute atomic E-state index is 10.2. The van der Waals surface area contributed by atoms with Crippen molar-refractivity contribution in [1.82, 2.24) is 0 Å². The molecule has 0 radical (unpaired) electrons. The Morgan fingerprint density at radius 1 is 0.917 bits per heavy atom. The molecule has 12 heavy (non-hydrogen) atoms. The van der Waals surface area contributed by atoms with Gasteiger partial charge in [0, 0.05) is 0 Å². The molecule has 0 aliphatic carbocycles. The minimum Gasteiger partial charge on any atom is -0.504 e. The number of hydrogen-bond acceptors (Lipinski definition) is 4. The van der Waals surface area contributed by atoms with Gasteiger partial charge in [0.15, 0.2) is 24.1 Å². The van der Waals surface area contributed by atoms with Gasteiger partial charge in [0.2, 0.25) is 0 Å². The van der Waals surface area contributed by atoms with Crippen LogP contribution in [-0.4, -0.2) is 22.8 Å². The Hall–Kier alpha value is -1.84. The quantitative estimate of drug-likeness (QED) is 0.501. The Balaban J connectivity index is 3.38. The van der Waals surface area contributed by atoms with Gasteiger partial charge in [-0.05, 0) is 12.1 Å². The second kappa shape index (κ2) is 3.04. The molecule has 0 atom stereocenters. The lowest BCUT2D eigenvalue weighted by Gasteiger charge is -2.01. The molecular formula is C8H6O4. The van der Waals surface area contributed by atoms with E-state index in [9.17, 15) is 9.59 Å². The molecule has 0 heterocycles. The Kier molecular flexibility index (Phi) is 2.09. The molecule has 0 amide bonds. The van der Waals surface area contributed by atoms with Crippen LogP contribution in [0.3, 0.4) is 0 Å². The fourth-order valence-corrected chi connectivity index (χ4v) is 0.801. The van der Waals surface area contributed by atoms with Crippen LogP contribution in [0, 0.1) is 0 Å². The lowest BCUT2D eigenvalue weighted by Crippen LogP contribution is -1.86. The van der Waals surface area contributed by atoms with Crippen molar-refractivity contribution in [2.75, 3.05) is 0 Å². The molecule has 0 fully saturated rings. The zero-order chi connectivity index (χ0) is 9.14. The summed E-state index contributed by atoms with van der Waals surface area (Å²) >= 11 is 0. The highest BCUT2D eigenvalue weighted by molar-refractivity contribution is 5.87. The minimum atomic E-state index is -0.561. The molecule has 0 unspecified atom stereocenters. The van der Waals surface area contributed by atoms with E-state index in [2.05, 4.69) is 0 Å². The third kappa shape index (κ3) is 1.14. The minimum absolute atomic E-state index is 0.0434. The number of aromatic hydroxyl groups is 2. The van der Waals surface area contributed by atoms with E-state index in [-0.39, 0.29) is 11.1 Å². The van der Waals surface area contributed by atoms with Gasteiger partial charge in [-0.3, -0.25) is 9.59 Å². The van der Waals surface area contributed by atoms with Crippen LogP contribution in [0.5, 0.6) is 11.5 Å². The summed E-state index contributed by atoms with van der Waals surface area (Å²) in [5, 5.41) is 18.1. The third-order valence-corrected chi connectivity index (χ3v) is 1.47. The monoisotopic (exact) mass is 166 g/mol. The third-order valence-electron chi connectivity index (χ3n) is 1.47. The van der Waals surface area contributed by atoms with Gasteiger partial charge < -0.3 is 10.2 Å². The second-order valence-corrected chi connectivity index (χ2v) is 2.18. The van der Waals surface area contributed by atoms with Crippen molar-refractivity contribution in [2.45, 2.75) is 0 Å². The van der Waals surface area contributed by atoms with Crippen LogP contribution in [0.25, 0.3) is 0 Å². The molecule has 0 aliphatic rings. The summed E-state index contributed by atoms with van der Waals surface area (Å²) in [6, 6.07) is 2.51. The molecule has 62 valence electrons. The Morgan fingerprint density at radius 2 is 1.25 bits per heavy atom. The lowest BCUT2D eigenvalue weighted by molar-refractivity contribution is 0.110. The molecule has 1 aromatic carbocycles. The number of phenols is 2. The highest BCUT2D eigenvalue weighted by Crippen LogP contribution is 2.30. The molecule has 0 aliphatic heterocycles. The second-order valence-electron chi connectivity index (χ2n) is 2.18. The van der Waals surface area contributed by atoms with Crippen molar-refractivity contribution in [2.24, 2.45) is 0 Å². The van der Waals surface area contributed by atoms with E-state index in [4.69, 9.17) is 10.2 Å². The number of phenolic OH excluding ortho intramolecular Hbond substituents is 2. The standard InChI is InChI=1S/C8H6O4/c9-3-5-1-2-6(4-10)8(12)7(5)11/h1-4,11-12H. The van der Waals surface area contributed by atoms with E-state index in [0.717, 1.165) is 0 Å². The highest BCUT2D eigenvalue weighted by atomic mass is 16.3. The van der Waals surface area contributed by atoms with Crippen molar-refractivity contribution < 1.29 is 19.8 Å². The summed E-state index contributed by atoms with van der Waals surface area (Å²) in [6.45, 7) is 0. The number of carbonyl (C=O) groups is 2. The smallest absolute Gasteiger partial charge is 0.168 e. The molecule has 1 aromatic rings. The molecule has 0 aromatic heterocycles. The summed E-state index contributed by atoms with van der Waals surface area (Å²) in [4.78, 5) is 20.4. The first-order valence-electron chi connectivity index (χ1n) is 3.16. The first kappa shape index (κ1) is 8.26. The van der Waals surface area contributed by atoms with Crippen molar-refractivity contribution in [3.8, 4) is 11.5 Å². The van der Waals surface area contributed by atoms with Crippen molar-refractivity contribution in [3.05, 3.63) is 23.3 Å². The topological polar surface area (TPSA) is 74.6 Å². The molecular weight excluding hydrogens is 160 g/mol. The average molecular weight is 166 g/mol. The number of hydrogen-bond donors (Lipinski definition) is 2. The van der Waals surface area contributed by atoms with E-state index in [0.29, 0.717) is 12.6 Å². The van der Waals surface area contributed by atoms with Crippen LogP contribution in [0.2, 0.25) is 0 Å². The van der Waals surface area contributed by atoms with Gasteiger partial charge >= 0.3 is 0 Å². The van der Waals surface area contributed by atoms with Gasteiger partial charge in [-0.1, -0.05) is 0 Å². The van der Waals surface area contributed by atoms with Gasteiger partial charge in [0.25, 0.3) is 0 Å². The number of rotatable bonds is 2. The van der Waals surface area contributed by atoms with Crippen molar-refractivity contribution >= 4 is 12.6 Å². The predicted octanol–water partition coefficient (Wildman–Crippen LogP) is 0.723. The van der Waals surface area contributed by atoms with E-state index in [1.54, 1.807) is 0 Å². The Morgan fingerprint density at radius 3 is 1.50 bits per heavy atom. The summed E-state index contributed by atoms with van der Waals surface area (Å²) < 4.78 is 0. The first-order valence-corrected chi connectivity index (χ1v) is 3.16. The van der Waals surface area contributed by atoms with Crippen molar-refractivity contribution in [3.63, 3.8) is 0 Å². The van der Waals surface area contributed by atoms with E-state index < -0.39 is 11.5 Å². The number of carbonyl (C=O) groups excluding carboxylic acids is 2. The maximum Gasteiger partial charge on any atom is 0.168 e. The molecule has 0 saturated carbocycles. The van der Waals surface area contributed by atoms with E-state index in [1.807, 2.05) is 0 Å². The average Bonchev–Trinajstić information content (AvgIpc) is 2.10. The summed E-state index contributed by atoms with van der Waals surface area (Å²) in [5.74, 6) is -1.12. The van der Waals surface area contributed by atoms with E-state index >= 15 is 0 Å². The van der Waals surface area contributed by atoms with Gasteiger partial charge in [0.05, 0.1) is 11.1 Å². The van der Waals surface area contributed by atoms with Crippen LogP contribution in [0.1, 0.15) is 20.7 Å². The lowest BCUT2D eigenvalue weighted by atomic mass is 10.1. The zero-order valence-corrected chi connectivity index (χ0v) is 6.02. The van der Waals surface area contributed by atoms with Crippen LogP contribution in [0.15, 0.2) is 12.1 Å². The SMILES string of the molecule is O=Cc1ccc(C=O)c(O)c1O. The molecule has 2 N–H and O–H groups in total. The van der Waals surface area contributed by atoms with Crippen LogP contribution in [0.4, 0.5) is 0 Å². The zero-order valence-electron chi connectivity index (χ0n) is 6.02. The summed E-state index contributed by atoms with van der Waals surface area (Å²) in [7, 11) is 0. The normalized spacial score (nSPS) is 9.33. The highest BCUT2D eigenvalue weighted by Gasteiger charge is 2.09. The first-order chi connectivity index (χ1) is 5.70. The van der Waals surface area contributed by atoms with Crippen LogP contribution >= 0.6 is 0 Å². The molecule has 0 bridgehead atoms. The van der Waals surface area contributed by atoms with Crippen LogP contribution < -0.4 is 0 Å². The maximum atomic E-state index is 10.2. The molecule has 0 saturated heterocycles. The van der Waals surface area contributed by atoms with Gasteiger partial charge in [0.1, 0.15) is 0 Å². The molecule has 4 nitrogen and oxygen atoms in total. The fraction of sp³-hybridized carbons (Fsp3) is 0. The molecule has 4 heteroatoms. The number of benzene rings is 1. The van der Waals surface area contributed by atoms with Gasteiger partial charge in [-0.2, -0.15) is 0 Å². The van der Waals surface area contributed by atoms with Gasteiger partial charge in [-0.25, -0.2) is 0 Å². The number of aldehydes is 2. The summed E-state index contributed by atoms with van der Waals surface area (Å²) in [5.41, 5.74) is -0.0869.